The number of aryl methyl sites for hydroxylation is 1. The van der Waals surface area contributed by atoms with Gasteiger partial charge in [-0.3, -0.25) is 0 Å². The zero-order valence-electron chi connectivity index (χ0n) is 23.0. The van der Waals surface area contributed by atoms with Gasteiger partial charge >= 0.3 is 0 Å². The van der Waals surface area contributed by atoms with E-state index < -0.39 is 12.2 Å². The second-order valence-corrected chi connectivity index (χ2v) is 10.6. The molecule has 2 aromatic rings. The summed E-state index contributed by atoms with van der Waals surface area (Å²) in [4.78, 5) is 3.28. The van der Waals surface area contributed by atoms with Crippen molar-refractivity contribution in [2.45, 2.75) is 82.8 Å². The van der Waals surface area contributed by atoms with E-state index in [1.54, 1.807) is 6.07 Å². The first-order chi connectivity index (χ1) is 18.9. The van der Waals surface area contributed by atoms with Gasteiger partial charge in [0.15, 0.2) is 11.5 Å². The van der Waals surface area contributed by atoms with Crippen molar-refractivity contribution in [1.29, 1.82) is 0 Å². The first-order valence-corrected chi connectivity index (χ1v) is 14.4. The zero-order valence-corrected chi connectivity index (χ0v) is 23.0. The number of hydrogen-bond acceptors (Lipinski definition) is 7. The quantitative estimate of drug-likeness (QED) is 0.133. The van der Waals surface area contributed by atoms with E-state index in [2.05, 4.69) is 22.4 Å². The molecule has 8 heteroatoms. The highest BCUT2D eigenvalue weighted by atomic mass is 16.5. The molecule has 3 rings (SSSR count). The normalized spacial score (nSPS) is 15.7. The first kappa shape index (κ1) is 30.6. The molecular weight excluding hydrogens is 494 g/mol. The fourth-order valence-corrected chi connectivity index (χ4v) is 5.05. The van der Waals surface area contributed by atoms with Gasteiger partial charge in [0.25, 0.3) is 0 Å². The zero-order chi connectivity index (χ0) is 27.9. The Morgan fingerprint density at radius 3 is 2.54 bits per heavy atom. The van der Waals surface area contributed by atoms with E-state index in [0.29, 0.717) is 50.4 Å². The summed E-state index contributed by atoms with van der Waals surface area (Å²) in [6, 6.07) is 9.39. The molecule has 2 heterocycles. The fraction of sp³-hybridized carbons (Fsp3) is 0.548. The van der Waals surface area contributed by atoms with E-state index >= 15 is 0 Å². The lowest BCUT2D eigenvalue weighted by atomic mass is 9.89. The van der Waals surface area contributed by atoms with Crippen LogP contribution in [-0.4, -0.2) is 57.4 Å². The highest BCUT2D eigenvalue weighted by molar-refractivity contribution is 5.42. The van der Waals surface area contributed by atoms with Crippen molar-refractivity contribution in [2.24, 2.45) is 11.7 Å². The summed E-state index contributed by atoms with van der Waals surface area (Å²) in [7, 11) is 0. The lowest BCUT2D eigenvalue weighted by Gasteiger charge is -2.22. The van der Waals surface area contributed by atoms with Crippen LogP contribution in [0, 0.1) is 5.92 Å². The highest BCUT2D eigenvalue weighted by Gasteiger charge is 2.18. The Morgan fingerprint density at radius 2 is 1.77 bits per heavy atom. The number of aliphatic hydroxyl groups excluding tert-OH is 3. The number of aliphatic hydroxyl groups is 3. The molecule has 8 N–H and O–H groups in total. The number of benzene rings is 1. The average molecular weight is 542 g/mol. The smallest absolute Gasteiger partial charge is 0.161 e. The number of aromatic amines is 1. The molecule has 0 bridgehead atoms. The number of rotatable bonds is 19. The Balaban J connectivity index is 1.45. The van der Waals surface area contributed by atoms with Crippen LogP contribution in [0.25, 0.3) is 0 Å². The van der Waals surface area contributed by atoms with Gasteiger partial charge in [-0.1, -0.05) is 37.8 Å². The monoisotopic (exact) mass is 541 g/mol. The Morgan fingerprint density at radius 1 is 0.974 bits per heavy atom. The van der Waals surface area contributed by atoms with Crippen molar-refractivity contribution in [3.05, 3.63) is 71.3 Å². The molecule has 3 atom stereocenters. The van der Waals surface area contributed by atoms with E-state index in [-0.39, 0.29) is 18.3 Å². The molecule has 0 spiro atoms. The molecular formula is C31H47N3O5. The number of H-pyrrole nitrogens is 1. The summed E-state index contributed by atoms with van der Waals surface area (Å²) in [6.07, 6.45) is 13.7. The molecule has 0 radical (unpaired) electrons. The Hall–Kier alpha value is -2.94. The molecule has 8 nitrogen and oxygen atoms in total. The van der Waals surface area contributed by atoms with E-state index in [9.17, 15) is 15.3 Å². The minimum atomic E-state index is -0.583. The third kappa shape index (κ3) is 11.4. The van der Waals surface area contributed by atoms with Crippen LogP contribution in [0.4, 0.5) is 0 Å². The third-order valence-electron chi connectivity index (χ3n) is 7.32. The van der Waals surface area contributed by atoms with Gasteiger partial charge in [-0.25, -0.2) is 0 Å². The van der Waals surface area contributed by atoms with Crippen molar-refractivity contribution in [3.8, 4) is 11.5 Å². The first-order valence-electron chi connectivity index (χ1n) is 14.4. The summed E-state index contributed by atoms with van der Waals surface area (Å²) < 4.78 is 6.02. The van der Waals surface area contributed by atoms with Gasteiger partial charge in [0.1, 0.15) is 0 Å². The minimum absolute atomic E-state index is 0.0971. The fourth-order valence-electron chi connectivity index (χ4n) is 5.05. The predicted molar refractivity (Wildman–Crippen MR) is 154 cm³/mol. The second-order valence-electron chi connectivity index (χ2n) is 10.6. The number of nitrogens with one attached hydrogen (secondary N) is 2. The molecule has 39 heavy (non-hydrogen) atoms. The molecule has 0 amide bonds. The van der Waals surface area contributed by atoms with Crippen LogP contribution in [0.1, 0.15) is 69.0 Å². The standard InChI is InChI=1S/C31H47N3O5/c32-31-21-24(13-16-34-31)25(20-26-7-6-15-33-26)14-18-39-30-19-23(10-12-29(30)38)9-11-28(37)22-27(36)8-4-2-1-3-5-17-35/h6-7,10,12-13,15,19,21,25,27-28,33-38H,1-5,8-9,11,14,16-18,20,22,32H2. The molecule has 0 aliphatic carbocycles. The summed E-state index contributed by atoms with van der Waals surface area (Å²) in [5.41, 5.74) is 9.31. The number of nitrogens with two attached hydrogens (primary N) is 1. The molecule has 216 valence electrons. The van der Waals surface area contributed by atoms with Crippen LogP contribution >= 0.6 is 0 Å². The number of phenols is 1. The number of dihydropyridines is 1. The molecule has 0 saturated heterocycles. The Labute approximate surface area is 232 Å². The van der Waals surface area contributed by atoms with Crippen LogP contribution in [-0.2, 0) is 12.8 Å². The predicted octanol–water partition coefficient (Wildman–Crippen LogP) is 4.06. The Bertz CT molecular complexity index is 1020. The molecule has 0 saturated carbocycles. The van der Waals surface area contributed by atoms with Crippen LogP contribution in [0.2, 0.25) is 0 Å². The van der Waals surface area contributed by atoms with Crippen LogP contribution in [0.15, 0.2) is 60.1 Å². The van der Waals surface area contributed by atoms with Gasteiger partial charge in [0.2, 0.25) is 0 Å². The second kappa shape index (κ2) is 16.9. The molecule has 1 aliphatic heterocycles. The van der Waals surface area contributed by atoms with Gasteiger partial charge in [-0.15, -0.1) is 0 Å². The number of aromatic hydroxyl groups is 1. The number of hydrogen-bond donors (Lipinski definition) is 7. The molecule has 0 fully saturated rings. The molecule has 3 unspecified atom stereocenters. The number of allylic oxidation sites excluding steroid dienone is 2. The Kier molecular flexibility index (Phi) is 13.3. The van der Waals surface area contributed by atoms with Crippen molar-refractivity contribution in [3.63, 3.8) is 0 Å². The number of unbranched alkanes of at least 4 members (excludes halogenated alkanes) is 4. The van der Waals surface area contributed by atoms with Crippen molar-refractivity contribution in [2.75, 3.05) is 19.8 Å². The van der Waals surface area contributed by atoms with Gasteiger partial charge in [-0.2, -0.15) is 0 Å². The van der Waals surface area contributed by atoms with Gasteiger partial charge in [0.05, 0.1) is 24.6 Å². The summed E-state index contributed by atoms with van der Waals surface area (Å²) in [5.74, 6) is 1.42. The average Bonchev–Trinajstić information content (AvgIpc) is 3.43. The van der Waals surface area contributed by atoms with E-state index in [1.165, 1.54) is 5.57 Å². The minimum Gasteiger partial charge on any atom is -0.504 e. The molecule has 1 aromatic carbocycles. The van der Waals surface area contributed by atoms with Crippen LogP contribution < -0.4 is 15.8 Å². The van der Waals surface area contributed by atoms with Crippen molar-refractivity contribution >= 4 is 0 Å². The van der Waals surface area contributed by atoms with E-state index in [0.717, 1.165) is 56.2 Å². The molecule has 1 aromatic heterocycles. The maximum Gasteiger partial charge on any atom is 0.161 e. The van der Waals surface area contributed by atoms with E-state index in [4.69, 9.17) is 15.6 Å². The largest absolute Gasteiger partial charge is 0.504 e. The van der Waals surface area contributed by atoms with Gasteiger partial charge in [0, 0.05) is 25.0 Å². The lowest BCUT2D eigenvalue weighted by molar-refractivity contribution is 0.0697. The van der Waals surface area contributed by atoms with Crippen LogP contribution in [0.3, 0.4) is 0 Å². The number of aromatic nitrogens is 1. The lowest BCUT2D eigenvalue weighted by Crippen LogP contribution is -2.25. The number of ether oxygens (including phenoxy) is 1. The molecule has 1 aliphatic rings. The van der Waals surface area contributed by atoms with Gasteiger partial charge in [-0.05, 0) is 92.3 Å². The van der Waals surface area contributed by atoms with Gasteiger partial charge < -0.3 is 41.2 Å². The highest BCUT2D eigenvalue weighted by Crippen LogP contribution is 2.29. The SMILES string of the molecule is NC1=CC(C(CCOc2cc(CCC(O)CC(O)CCCCCCCO)ccc2O)Cc2ccc[nH]2)=CCN1. The third-order valence-corrected chi connectivity index (χ3v) is 7.32. The van der Waals surface area contributed by atoms with Crippen molar-refractivity contribution in [1.82, 2.24) is 10.3 Å². The number of phenolic OH excluding ortho intramolecular Hbond substituents is 1. The summed E-state index contributed by atoms with van der Waals surface area (Å²) in [5, 5.41) is 43.0. The maximum atomic E-state index is 10.4. The van der Waals surface area contributed by atoms with Crippen molar-refractivity contribution < 1.29 is 25.2 Å². The topological polar surface area (TPSA) is 144 Å². The summed E-state index contributed by atoms with van der Waals surface area (Å²) in [6.45, 7) is 1.38. The summed E-state index contributed by atoms with van der Waals surface area (Å²) >= 11 is 0. The maximum absolute atomic E-state index is 10.4. The van der Waals surface area contributed by atoms with E-state index in [1.807, 2.05) is 30.5 Å². The van der Waals surface area contributed by atoms with Crippen LogP contribution in [0.5, 0.6) is 11.5 Å².